The smallest absolute Gasteiger partial charge is 0.308 e. The number of nitrogens with one attached hydrogen (secondary N) is 2. The van der Waals surface area contributed by atoms with Crippen molar-refractivity contribution in [2.24, 2.45) is 7.05 Å². The Labute approximate surface area is 118 Å². The van der Waals surface area contributed by atoms with Crippen LogP contribution in [0.15, 0.2) is 35.5 Å². The van der Waals surface area contributed by atoms with Gasteiger partial charge in [0.2, 0.25) is 11.1 Å². The zero-order valence-corrected chi connectivity index (χ0v) is 11.4. The molecule has 0 unspecified atom stereocenters. The van der Waals surface area contributed by atoms with E-state index in [0.717, 1.165) is 11.8 Å². The molecule has 0 radical (unpaired) electrons. The van der Waals surface area contributed by atoms with Gasteiger partial charge in [-0.3, -0.25) is 10.1 Å². The molecule has 1 aromatic heterocycles. The summed E-state index contributed by atoms with van der Waals surface area (Å²) < 4.78 is 1.45. The molecule has 2 rings (SSSR count). The van der Waals surface area contributed by atoms with E-state index < -0.39 is 11.9 Å². The van der Waals surface area contributed by atoms with Gasteiger partial charge in [-0.15, -0.1) is 5.10 Å². The van der Waals surface area contributed by atoms with Crippen molar-refractivity contribution in [1.29, 1.82) is 0 Å². The molecule has 3 amide bonds. The number of carbonyl (C=O) groups is 2. The van der Waals surface area contributed by atoms with Crippen LogP contribution in [-0.2, 0) is 11.8 Å². The van der Waals surface area contributed by atoms with Crippen LogP contribution >= 0.6 is 11.8 Å². The number of amides is 3. The summed E-state index contributed by atoms with van der Waals surface area (Å²) in [7, 11) is 1.67. The van der Waals surface area contributed by atoms with Gasteiger partial charge in [0.05, 0.1) is 5.75 Å². The molecule has 9 heteroatoms. The zero-order chi connectivity index (χ0) is 14.4. The first-order valence-corrected chi connectivity index (χ1v) is 6.65. The summed E-state index contributed by atoms with van der Waals surface area (Å²) in [5.41, 5.74) is 0.614. The number of carbonyl (C=O) groups excluding carboxylic acids is 2. The molecule has 8 nitrogen and oxygen atoms in total. The Morgan fingerprint density at radius 2 is 2.05 bits per heavy atom. The third-order valence-corrected chi connectivity index (χ3v) is 3.21. The Morgan fingerprint density at radius 3 is 2.70 bits per heavy atom. The predicted molar refractivity (Wildman–Crippen MR) is 73.1 cm³/mol. The van der Waals surface area contributed by atoms with Crippen LogP contribution in [0.5, 0.6) is 0 Å². The quantitative estimate of drug-likeness (QED) is 0.802. The van der Waals surface area contributed by atoms with E-state index in [1.54, 1.807) is 31.3 Å². The van der Waals surface area contributed by atoms with Gasteiger partial charge in [0.25, 0.3) is 0 Å². The minimum Gasteiger partial charge on any atom is -0.308 e. The topological polar surface area (TPSA) is 102 Å². The Bertz CT molecular complexity index is 600. The standard InChI is InChI=1S/C11H12N6O2S/c1-17-11(14-15-16-17)20-7-9(18)13-10(19)12-8-5-3-2-4-6-8/h2-6H,7H2,1H3,(H2,12,13,18,19). The molecule has 0 aliphatic carbocycles. The van der Waals surface area contributed by atoms with Crippen LogP contribution in [0, 0.1) is 0 Å². The number of rotatable bonds is 4. The van der Waals surface area contributed by atoms with Gasteiger partial charge in [0.15, 0.2) is 0 Å². The lowest BCUT2D eigenvalue weighted by atomic mass is 10.3. The molecule has 20 heavy (non-hydrogen) atoms. The molecule has 0 spiro atoms. The second kappa shape index (κ2) is 6.66. The second-order valence-corrected chi connectivity index (χ2v) is 4.68. The number of thioether (sulfide) groups is 1. The van der Waals surface area contributed by atoms with Crippen LogP contribution in [0.2, 0.25) is 0 Å². The Balaban J connectivity index is 1.77. The fourth-order valence-corrected chi connectivity index (χ4v) is 1.97. The number of hydrogen-bond acceptors (Lipinski definition) is 6. The first kappa shape index (κ1) is 14.0. The van der Waals surface area contributed by atoms with Gasteiger partial charge in [0, 0.05) is 12.7 Å². The minimum absolute atomic E-state index is 0.0520. The van der Waals surface area contributed by atoms with E-state index in [9.17, 15) is 9.59 Å². The van der Waals surface area contributed by atoms with Crippen LogP contribution in [-0.4, -0.2) is 37.9 Å². The molecule has 1 aromatic carbocycles. The summed E-state index contributed by atoms with van der Waals surface area (Å²) >= 11 is 1.14. The first-order chi connectivity index (χ1) is 9.65. The van der Waals surface area contributed by atoms with Crippen molar-refractivity contribution in [3.8, 4) is 0 Å². The molecule has 0 saturated carbocycles. The van der Waals surface area contributed by atoms with Crippen molar-refractivity contribution in [3.05, 3.63) is 30.3 Å². The number of para-hydroxylation sites is 1. The number of hydrogen-bond donors (Lipinski definition) is 2. The Morgan fingerprint density at radius 1 is 1.30 bits per heavy atom. The lowest BCUT2D eigenvalue weighted by molar-refractivity contribution is -0.117. The highest BCUT2D eigenvalue weighted by molar-refractivity contribution is 7.99. The fourth-order valence-electron chi connectivity index (χ4n) is 1.32. The van der Waals surface area contributed by atoms with E-state index in [1.165, 1.54) is 4.68 Å². The van der Waals surface area contributed by atoms with E-state index in [0.29, 0.717) is 10.8 Å². The minimum atomic E-state index is -0.571. The Hall–Kier alpha value is -2.42. The van der Waals surface area contributed by atoms with Gasteiger partial charge in [0.1, 0.15) is 0 Å². The van der Waals surface area contributed by atoms with E-state index >= 15 is 0 Å². The predicted octanol–water partition coefficient (Wildman–Crippen LogP) is 0.650. The molecule has 2 aromatic rings. The van der Waals surface area contributed by atoms with E-state index in [2.05, 4.69) is 26.2 Å². The largest absolute Gasteiger partial charge is 0.325 e. The van der Waals surface area contributed by atoms with Crippen molar-refractivity contribution in [2.45, 2.75) is 5.16 Å². The lowest BCUT2D eigenvalue weighted by Crippen LogP contribution is -2.35. The van der Waals surface area contributed by atoms with Crippen LogP contribution in [0.25, 0.3) is 0 Å². The number of benzene rings is 1. The van der Waals surface area contributed by atoms with Crippen LogP contribution in [0.1, 0.15) is 0 Å². The molecule has 0 bridgehead atoms. The number of anilines is 1. The van der Waals surface area contributed by atoms with E-state index in [4.69, 9.17) is 0 Å². The molecule has 2 N–H and O–H groups in total. The number of imide groups is 1. The number of nitrogens with zero attached hydrogens (tertiary/aromatic N) is 4. The van der Waals surface area contributed by atoms with Gasteiger partial charge >= 0.3 is 6.03 Å². The van der Waals surface area contributed by atoms with Crippen LogP contribution in [0.4, 0.5) is 10.5 Å². The van der Waals surface area contributed by atoms with Crippen LogP contribution in [0.3, 0.4) is 0 Å². The lowest BCUT2D eigenvalue weighted by Gasteiger charge is -2.05. The summed E-state index contributed by atoms with van der Waals surface area (Å²) in [6.07, 6.45) is 0. The third kappa shape index (κ3) is 4.05. The molecule has 0 saturated heterocycles. The highest BCUT2D eigenvalue weighted by Gasteiger charge is 2.10. The number of aromatic nitrogens is 4. The monoisotopic (exact) mass is 292 g/mol. The maximum absolute atomic E-state index is 11.6. The highest BCUT2D eigenvalue weighted by atomic mass is 32.2. The fraction of sp³-hybridized carbons (Fsp3) is 0.182. The molecule has 1 heterocycles. The van der Waals surface area contributed by atoms with Crippen molar-refractivity contribution in [3.63, 3.8) is 0 Å². The number of urea groups is 1. The summed E-state index contributed by atoms with van der Waals surface area (Å²) in [6.45, 7) is 0. The molecule has 104 valence electrons. The molecule has 0 aliphatic heterocycles. The molecule has 0 atom stereocenters. The summed E-state index contributed by atoms with van der Waals surface area (Å²) in [6, 6.07) is 8.29. The van der Waals surface area contributed by atoms with Gasteiger partial charge in [-0.2, -0.15) is 0 Å². The van der Waals surface area contributed by atoms with Crippen molar-refractivity contribution < 1.29 is 9.59 Å². The summed E-state index contributed by atoms with van der Waals surface area (Å²) in [5.74, 6) is -0.373. The SMILES string of the molecule is Cn1nnnc1SCC(=O)NC(=O)Nc1ccccc1. The Kier molecular flexibility index (Phi) is 4.66. The van der Waals surface area contributed by atoms with Gasteiger partial charge in [-0.1, -0.05) is 30.0 Å². The van der Waals surface area contributed by atoms with Crippen molar-refractivity contribution in [1.82, 2.24) is 25.5 Å². The molecule has 0 aliphatic rings. The van der Waals surface area contributed by atoms with Crippen LogP contribution < -0.4 is 10.6 Å². The number of tetrazole rings is 1. The maximum Gasteiger partial charge on any atom is 0.325 e. The molecule has 0 fully saturated rings. The van der Waals surface area contributed by atoms with Crippen molar-refractivity contribution >= 4 is 29.4 Å². The van der Waals surface area contributed by atoms with Gasteiger partial charge in [-0.25, -0.2) is 9.48 Å². The average molecular weight is 292 g/mol. The van der Waals surface area contributed by atoms with E-state index in [1.807, 2.05) is 6.07 Å². The summed E-state index contributed by atoms with van der Waals surface area (Å²) in [4.78, 5) is 23.1. The second-order valence-electron chi connectivity index (χ2n) is 3.74. The zero-order valence-electron chi connectivity index (χ0n) is 10.6. The average Bonchev–Trinajstić information content (AvgIpc) is 2.83. The summed E-state index contributed by atoms with van der Waals surface area (Å²) in [5, 5.41) is 16.1. The third-order valence-electron chi connectivity index (χ3n) is 2.20. The van der Waals surface area contributed by atoms with Crippen molar-refractivity contribution in [2.75, 3.05) is 11.1 Å². The normalized spacial score (nSPS) is 10.1. The van der Waals surface area contributed by atoms with E-state index in [-0.39, 0.29) is 5.75 Å². The molecular formula is C11H12N6O2S. The number of aryl methyl sites for hydroxylation is 1. The maximum atomic E-state index is 11.6. The first-order valence-electron chi connectivity index (χ1n) is 5.66. The molecular weight excluding hydrogens is 280 g/mol. The van der Waals surface area contributed by atoms with Gasteiger partial charge in [-0.05, 0) is 22.6 Å². The highest BCUT2D eigenvalue weighted by Crippen LogP contribution is 2.11. The van der Waals surface area contributed by atoms with Gasteiger partial charge < -0.3 is 5.32 Å².